The van der Waals surface area contributed by atoms with Crippen molar-refractivity contribution < 1.29 is 8.83 Å². The largest absolute Gasteiger partial charge is 0.456 e. The first-order chi connectivity index (χ1) is 26.8. The summed E-state index contributed by atoms with van der Waals surface area (Å²) in [5.74, 6) is 1.75. The predicted octanol–water partition coefficient (Wildman–Crippen LogP) is 13.2. The topological polar surface area (TPSA) is 65.0 Å². The van der Waals surface area contributed by atoms with Gasteiger partial charge in [0.25, 0.3) is 0 Å². The van der Waals surface area contributed by atoms with Crippen LogP contribution in [0.25, 0.3) is 111 Å². The summed E-state index contributed by atoms with van der Waals surface area (Å²) in [7, 11) is 0. The second kappa shape index (κ2) is 12.1. The third-order valence-corrected chi connectivity index (χ3v) is 10.4. The van der Waals surface area contributed by atoms with Crippen molar-refractivity contribution in [2.75, 3.05) is 0 Å². The number of hydrogen-bond donors (Lipinski definition) is 0. The lowest BCUT2D eigenvalue weighted by molar-refractivity contribution is 0.669. The lowest BCUT2D eigenvalue weighted by atomic mass is 9.92. The summed E-state index contributed by atoms with van der Waals surface area (Å²) in [4.78, 5) is 15.4. The molecule has 0 unspecified atom stereocenters. The smallest absolute Gasteiger partial charge is 0.167 e. The van der Waals surface area contributed by atoms with Gasteiger partial charge in [0.05, 0.1) is 5.56 Å². The molecule has 0 atom stereocenters. The monoisotopic (exact) mass is 691 g/mol. The second-order valence-corrected chi connectivity index (χ2v) is 13.5. The van der Waals surface area contributed by atoms with Crippen LogP contribution in [0, 0.1) is 0 Å². The molecule has 252 valence electrons. The highest BCUT2D eigenvalue weighted by Gasteiger charge is 2.21. The zero-order chi connectivity index (χ0) is 35.6. The third-order valence-electron chi connectivity index (χ3n) is 10.4. The average Bonchev–Trinajstić information content (AvgIpc) is 3.82. The normalized spacial score (nSPS) is 11.7. The molecular formula is C49H29N3O2. The van der Waals surface area contributed by atoms with Crippen molar-refractivity contribution in [3.8, 4) is 56.4 Å². The van der Waals surface area contributed by atoms with Gasteiger partial charge in [-0.1, -0.05) is 140 Å². The van der Waals surface area contributed by atoms with Crippen molar-refractivity contribution in [1.29, 1.82) is 0 Å². The number of fused-ring (bicyclic) bond motifs is 7. The van der Waals surface area contributed by atoms with E-state index in [0.29, 0.717) is 17.5 Å². The molecule has 0 radical (unpaired) electrons. The molecule has 11 aromatic rings. The molecular weight excluding hydrogens is 663 g/mol. The van der Waals surface area contributed by atoms with Crippen molar-refractivity contribution in [3.63, 3.8) is 0 Å². The van der Waals surface area contributed by atoms with E-state index in [-0.39, 0.29) is 0 Å². The molecule has 5 heteroatoms. The van der Waals surface area contributed by atoms with E-state index in [1.807, 2.05) is 66.7 Å². The maximum absolute atomic E-state index is 6.45. The number of para-hydroxylation sites is 2. The Balaban J connectivity index is 1.13. The predicted molar refractivity (Wildman–Crippen MR) is 219 cm³/mol. The summed E-state index contributed by atoms with van der Waals surface area (Å²) in [6.07, 6.45) is 0. The van der Waals surface area contributed by atoms with Gasteiger partial charge in [-0.25, -0.2) is 15.0 Å². The molecule has 3 heterocycles. The Morgan fingerprint density at radius 2 is 0.870 bits per heavy atom. The minimum atomic E-state index is 0.556. The maximum Gasteiger partial charge on any atom is 0.167 e. The van der Waals surface area contributed by atoms with Gasteiger partial charge in [-0.05, 0) is 69.4 Å². The van der Waals surface area contributed by atoms with Gasteiger partial charge in [0, 0.05) is 32.7 Å². The van der Waals surface area contributed by atoms with Gasteiger partial charge >= 0.3 is 0 Å². The summed E-state index contributed by atoms with van der Waals surface area (Å²) < 4.78 is 12.9. The van der Waals surface area contributed by atoms with Gasteiger partial charge in [-0.2, -0.15) is 0 Å². The first-order valence-electron chi connectivity index (χ1n) is 18.0. The third kappa shape index (κ3) is 4.83. The van der Waals surface area contributed by atoms with E-state index in [4.69, 9.17) is 23.8 Å². The first kappa shape index (κ1) is 30.3. The molecule has 0 aliphatic carbocycles. The van der Waals surface area contributed by atoms with E-state index in [2.05, 4.69) is 109 Å². The molecule has 0 aliphatic heterocycles. The lowest BCUT2D eigenvalue weighted by Crippen LogP contribution is -2.01. The molecule has 0 saturated carbocycles. The van der Waals surface area contributed by atoms with Crippen molar-refractivity contribution in [2.45, 2.75) is 0 Å². The highest BCUT2D eigenvalue weighted by atomic mass is 16.3. The van der Waals surface area contributed by atoms with Crippen molar-refractivity contribution in [1.82, 2.24) is 15.0 Å². The van der Waals surface area contributed by atoms with E-state index in [1.165, 1.54) is 5.56 Å². The fourth-order valence-electron chi connectivity index (χ4n) is 7.85. The van der Waals surface area contributed by atoms with Gasteiger partial charge in [0.15, 0.2) is 17.5 Å². The zero-order valence-electron chi connectivity index (χ0n) is 28.9. The van der Waals surface area contributed by atoms with Crippen LogP contribution in [-0.4, -0.2) is 15.0 Å². The lowest BCUT2D eigenvalue weighted by Gasteiger charge is -2.14. The highest BCUT2D eigenvalue weighted by molar-refractivity contribution is 6.17. The van der Waals surface area contributed by atoms with Gasteiger partial charge < -0.3 is 8.83 Å². The van der Waals surface area contributed by atoms with Crippen LogP contribution in [0.5, 0.6) is 0 Å². The summed E-state index contributed by atoms with van der Waals surface area (Å²) in [5.41, 5.74) is 10.5. The molecule has 5 nitrogen and oxygen atoms in total. The van der Waals surface area contributed by atoms with Gasteiger partial charge in [0.1, 0.15) is 22.3 Å². The van der Waals surface area contributed by atoms with Crippen molar-refractivity contribution in [2.24, 2.45) is 0 Å². The molecule has 0 aliphatic rings. The van der Waals surface area contributed by atoms with Crippen LogP contribution in [0.2, 0.25) is 0 Å². The van der Waals surface area contributed by atoms with Crippen LogP contribution in [0.1, 0.15) is 0 Å². The minimum Gasteiger partial charge on any atom is -0.456 e. The molecule has 0 N–H and O–H groups in total. The zero-order valence-corrected chi connectivity index (χ0v) is 28.9. The Hall–Kier alpha value is -7.37. The van der Waals surface area contributed by atoms with Crippen LogP contribution >= 0.6 is 0 Å². The molecule has 0 amide bonds. The SMILES string of the molecule is c1ccc(-c2ccc3oc4cccc(-c5ccc(-c6nc(-c7ccccc7)nc(-c7cccc8c7oc7ccccc78)n6)c6ccccc56)c4c3c2)cc1. The Kier molecular flexibility index (Phi) is 6.79. The summed E-state index contributed by atoms with van der Waals surface area (Å²) >= 11 is 0. The average molecular weight is 692 g/mol. The highest BCUT2D eigenvalue weighted by Crippen LogP contribution is 2.43. The summed E-state index contributed by atoms with van der Waals surface area (Å²) in [5, 5.41) is 6.41. The summed E-state index contributed by atoms with van der Waals surface area (Å²) in [6, 6.07) is 60.4. The molecule has 11 rings (SSSR count). The van der Waals surface area contributed by atoms with Crippen LogP contribution in [0.3, 0.4) is 0 Å². The second-order valence-electron chi connectivity index (χ2n) is 13.5. The molecule has 0 fully saturated rings. The van der Waals surface area contributed by atoms with Crippen LogP contribution in [0.15, 0.2) is 185 Å². The minimum absolute atomic E-state index is 0.556. The summed E-state index contributed by atoms with van der Waals surface area (Å²) in [6.45, 7) is 0. The van der Waals surface area contributed by atoms with Gasteiger partial charge in [0.2, 0.25) is 0 Å². The van der Waals surface area contributed by atoms with Crippen molar-refractivity contribution >= 4 is 54.6 Å². The van der Waals surface area contributed by atoms with E-state index < -0.39 is 0 Å². The number of benzene rings is 8. The molecule has 0 saturated heterocycles. The molecule has 54 heavy (non-hydrogen) atoms. The number of hydrogen-bond acceptors (Lipinski definition) is 5. The van der Waals surface area contributed by atoms with E-state index in [0.717, 1.165) is 88.0 Å². The number of aromatic nitrogens is 3. The Labute approximate surface area is 309 Å². The van der Waals surface area contributed by atoms with Crippen molar-refractivity contribution in [3.05, 3.63) is 176 Å². The molecule has 8 aromatic carbocycles. The number of furan rings is 2. The molecule has 0 bridgehead atoms. The number of nitrogens with zero attached hydrogens (tertiary/aromatic N) is 3. The Morgan fingerprint density at radius 3 is 1.69 bits per heavy atom. The maximum atomic E-state index is 6.45. The quantitative estimate of drug-likeness (QED) is 0.180. The van der Waals surface area contributed by atoms with Crippen LogP contribution < -0.4 is 0 Å². The number of rotatable bonds is 5. The fourth-order valence-corrected chi connectivity index (χ4v) is 7.85. The van der Waals surface area contributed by atoms with E-state index in [1.54, 1.807) is 0 Å². The van der Waals surface area contributed by atoms with Gasteiger partial charge in [-0.15, -0.1) is 0 Å². The van der Waals surface area contributed by atoms with Gasteiger partial charge in [-0.3, -0.25) is 0 Å². The van der Waals surface area contributed by atoms with Crippen LogP contribution in [-0.2, 0) is 0 Å². The molecule has 0 spiro atoms. The molecule has 3 aromatic heterocycles. The first-order valence-corrected chi connectivity index (χ1v) is 18.0. The van der Waals surface area contributed by atoms with Crippen LogP contribution in [0.4, 0.5) is 0 Å². The van der Waals surface area contributed by atoms with E-state index >= 15 is 0 Å². The van der Waals surface area contributed by atoms with E-state index in [9.17, 15) is 0 Å². The fraction of sp³-hybridized carbons (Fsp3) is 0. The Morgan fingerprint density at radius 1 is 0.296 bits per heavy atom. The Bertz CT molecular complexity index is 3220. The standard InChI is InChI=1S/C49H29N3O2/c1-3-13-30(14-4-1)32-25-28-43-41(29-32)45-37(20-12-24-44(45)53-43)35-26-27-39(34-18-8-7-17-33(34)35)48-50-47(31-15-5-2-6-16-31)51-49(52-48)40-22-11-21-38-36-19-9-10-23-42(36)54-46(38)40/h1-29H.